The van der Waals surface area contributed by atoms with Crippen LogP contribution < -0.4 is 9.30 Å². The average molecular weight is 376 g/mol. The van der Waals surface area contributed by atoms with Gasteiger partial charge < -0.3 is 4.74 Å². The largest absolute Gasteiger partial charge is 0.455 e. The molecule has 5 aromatic rings. The summed E-state index contributed by atoms with van der Waals surface area (Å²) >= 11 is 0. The van der Waals surface area contributed by atoms with Gasteiger partial charge in [-0.2, -0.15) is 0 Å². The van der Waals surface area contributed by atoms with Crippen LogP contribution in [0.15, 0.2) is 60.8 Å². The van der Waals surface area contributed by atoms with E-state index < -0.39 is 0 Å². The van der Waals surface area contributed by atoms with Gasteiger partial charge in [0.25, 0.3) is 0 Å². The third-order valence-electron chi connectivity index (χ3n) is 6.59. The number of hydrogen-bond donors (Lipinski definition) is 0. The van der Waals surface area contributed by atoms with Crippen LogP contribution in [0.3, 0.4) is 0 Å². The molecular weight excluding hydrogens is 354 g/mol. The van der Waals surface area contributed by atoms with Crippen LogP contribution >= 0.6 is 0 Å². The van der Waals surface area contributed by atoms with Crippen LogP contribution in [-0.4, -0.2) is 0 Å². The van der Waals surface area contributed by atoms with E-state index in [0.717, 1.165) is 11.5 Å². The lowest BCUT2D eigenvalue weighted by Crippen LogP contribution is -2.32. The van der Waals surface area contributed by atoms with Gasteiger partial charge in [0.2, 0.25) is 5.69 Å². The number of nitrogens with zero attached hydrogens (tertiary/aromatic N) is 1. The molecule has 0 fully saturated rings. The first-order valence-corrected chi connectivity index (χ1v) is 10.1. The zero-order chi connectivity index (χ0) is 19.9. The Labute approximate surface area is 170 Å². The molecule has 0 N–H and O–H groups in total. The van der Waals surface area contributed by atoms with E-state index in [9.17, 15) is 0 Å². The van der Waals surface area contributed by atoms with Crippen molar-refractivity contribution in [2.45, 2.75) is 20.8 Å². The Kier molecular flexibility index (Phi) is 3.18. The maximum absolute atomic E-state index is 6.67. The Morgan fingerprint density at radius 1 is 0.724 bits per heavy atom. The summed E-state index contributed by atoms with van der Waals surface area (Å²) in [5, 5.41) is 7.56. The topological polar surface area (TPSA) is 13.1 Å². The highest BCUT2D eigenvalue weighted by Gasteiger charge is 2.32. The number of rotatable bonds is 0. The Bertz CT molecular complexity index is 1510. The highest BCUT2D eigenvalue weighted by atomic mass is 16.5. The molecule has 1 aromatic heterocycles. The van der Waals surface area contributed by atoms with Crippen molar-refractivity contribution in [2.24, 2.45) is 7.05 Å². The molecule has 29 heavy (non-hydrogen) atoms. The van der Waals surface area contributed by atoms with Gasteiger partial charge >= 0.3 is 0 Å². The second-order valence-corrected chi connectivity index (χ2v) is 8.21. The SMILES string of the molecule is Cc1c2c(c(C)c3ccccc13)-c1c3c(cc4c(C)cccc4c3cc[n+]1C)O2. The van der Waals surface area contributed by atoms with Crippen molar-refractivity contribution < 1.29 is 9.30 Å². The molecule has 0 atom stereocenters. The lowest BCUT2D eigenvalue weighted by molar-refractivity contribution is -0.659. The molecule has 140 valence electrons. The fourth-order valence-corrected chi connectivity index (χ4v) is 5.09. The van der Waals surface area contributed by atoms with Crippen molar-refractivity contribution >= 4 is 32.3 Å². The summed E-state index contributed by atoms with van der Waals surface area (Å²) in [5.74, 6) is 1.95. The van der Waals surface area contributed by atoms with E-state index in [1.165, 1.54) is 60.3 Å². The minimum absolute atomic E-state index is 0.957. The van der Waals surface area contributed by atoms with Gasteiger partial charge in [0.1, 0.15) is 18.5 Å². The fraction of sp³-hybridized carbons (Fsp3) is 0.148. The van der Waals surface area contributed by atoms with Crippen LogP contribution in [0.1, 0.15) is 16.7 Å². The third-order valence-corrected chi connectivity index (χ3v) is 6.59. The van der Waals surface area contributed by atoms with E-state index in [-0.39, 0.29) is 0 Å². The number of fused-ring (bicyclic) bond motifs is 5. The predicted molar refractivity (Wildman–Crippen MR) is 120 cm³/mol. The van der Waals surface area contributed by atoms with Crippen molar-refractivity contribution in [3.8, 4) is 22.8 Å². The second-order valence-electron chi connectivity index (χ2n) is 8.21. The quantitative estimate of drug-likeness (QED) is 0.213. The molecule has 2 heterocycles. The number of hydrogen-bond acceptors (Lipinski definition) is 1. The summed E-state index contributed by atoms with van der Waals surface area (Å²) in [7, 11) is 2.14. The number of benzene rings is 4. The Balaban J connectivity index is 1.88. The average Bonchev–Trinajstić information content (AvgIpc) is 2.74. The first kappa shape index (κ1) is 16.6. The smallest absolute Gasteiger partial charge is 0.228 e. The molecule has 4 aromatic carbocycles. The lowest BCUT2D eigenvalue weighted by Gasteiger charge is -2.24. The van der Waals surface area contributed by atoms with Gasteiger partial charge in [-0.1, -0.05) is 42.5 Å². The Morgan fingerprint density at radius 3 is 2.24 bits per heavy atom. The Morgan fingerprint density at radius 2 is 1.45 bits per heavy atom. The predicted octanol–water partition coefficient (Wildman–Crippen LogP) is 6.67. The molecule has 1 aliphatic rings. The first-order valence-electron chi connectivity index (χ1n) is 10.1. The summed E-state index contributed by atoms with van der Waals surface area (Å²) in [5.41, 5.74) is 6.21. The lowest BCUT2D eigenvalue weighted by atomic mass is 9.88. The van der Waals surface area contributed by atoms with Gasteiger partial charge in [0.05, 0.1) is 10.9 Å². The van der Waals surface area contributed by atoms with Gasteiger partial charge in [-0.25, -0.2) is 4.57 Å². The molecular formula is C27H22NO+. The normalized spacial score (nSPS) is 12.4. The maximum atomic E-state index is 6.67. The van der Waals surface area contributed by atoms with Crippen molar-refractivity contribution in [3.63, 3.8) is 0 Å². The highest BCUT2D eigenvalue weighted by Crippen LogP contribution is 2.51. The summed E-state index contributed by atoms with van der Waals surface area (Å²) in [6.45, 7) is 6.57. The molecule has 0 saturated heterocycles. The minimum Gasteiger partial charge on any atom is -0.455 e. The van der Waals surface area contributed by atoms with Crippen LogP contribution in [0.4, 0.5) is 0 Å². The van der Waals surface area contributed by atoms with Gasteiger partial charge in [0, 0.05) is 17.0 Å². The standard InChI is InChI=1S/C27H22NO/c1-15-8-7-11-20-21-12-13-28(4)26-24-16(2)18-9-5-6-10-19(18)17(3)27(24)29-23(25(21)26)14-22(15)20/h5-14H,1-4H3/q+1. The minimum atomic E-state index is 0.957. The maximum Gasteiger partial charge on any atom is 0.228 e. The summed E-state index contributed by atoms with van der Waals surface area (Å²) in [4.78, 5) is 0. The van der Waals surface area contributed by atoms with Gasteiger partial charge in [-0.05, 0) is 59.5 Å². The van der Waals surface area contributed by atoms with Crippen LogP contribution in [0, 0.1) is 20.8 Å². The monoisotopic (exact) mass is 376 g/mol. The molecule has 2 nitrogen and oxygen atoms in total. The summed E-state index contributed by atoms with van der Waals surface area (Å²) < 4.78 is 8.92. The number of ether oxygens (including phenoxy) is 1. The van der Waals surface area contributed by atoms with Crippen LogP contribution in [0.25, 0.3) is 43.6 Å². The molecule has 0 saturated carbocycles. The molecule has 0 unspecified atom stereocenters. The Hall–Kier alpha value is -3.39. The molecule has 0 amide bonds. The molecule has 0 radical (unpaired) electrons. The van der Waals surface area contributed by atoms with Crippen LogP contribution in [0.5, 0.6) is 11.5 Å². The van der Waals surface area contributed by atoms with E-state index >= 15 is 0 Å². The molecule has 1 aliphatic heterocycles. The van der Waals surface area contributed by atoms with E-state index in [2.05, 4.69) is 93.2 Å². The van der Waals surface area contributed by atoms with Crippen LogP contribution in [0.2, 0.25) is 0 Å². The molecule has 0 bridgehead atoms. The molecule has 6 rings (SSSR count). The molecule has 0 aliphatic carbocycles. The van der Waals surface area contributed by atoms with Gasteiger partial charge in [-0.3, -0.25) is 0 Å². The van der Waals surface area contributed by atoms with E-state index in [4.69, 9.17) is 4.74 Å². The number of aryl methyl sites for hydroxylation is 4. The van der Waals surface area contributed by atoms with Crippen molar-refractivity contribution in [1.82, 2.24) is 0 Å². The van der Waals surface area contributed by atoms with E-state index in [1.54, 1.807) is 0 Å². The van der Waals surface area contributed by atoms with Crippen molar-refractivity contribution in [3.05, 3.63) is 77.5 Å². The number of aromatic nitrogens is 1. The van der Waals surface area contributed by atoms with E-state index in [1.807, 2.05) is 0 Å². The zero-order valence-corrected chi connectivity index (χ0v) is 17.1. The molecule has 0 spiro atoms. The van der Waals surface area contributed by atoms with Gasteiger partial charge in [0.15, 0.2) is 6.20 Å². The van der Waals surface area contributed by atoms with Gasteiger partial charge in [-0.15, -0.1) is 0 Å². The molecule has 2 heteroatoms. The first-order chi connectivity index (χ1) is 14.1. The van der Waals surface area contributed by atoms with E-state index in [0.29, 0.717) is 0 Å². The second kappa shape index (κ2) is 5.57. The van der Waals surface area contributed by atoms with Crippen molar-refractivity contribution in [1.29, 1.82) is 0 Å². The summed E-state index contributed by atoms with van der Waals surface area (Å²) in [6, 6.07) is 19.6. The summed E-state index contributed by atoms with van der Waals surface area (Å²) in [6.07, 6.45) is 2.18. The van der Waals surface area contributed by atoms with Crippen LogP contribution in [-0.2, 0) is 7.05 Å². The number of pyridine rings is 1. The highest BCUT2D eigenvalue weighted by molar-refractivity contribution is 6.16. The fourth-order valence-electron chi connectivity index (χ4n) is 5.09. The van der Waals surface area contributed by atoms with Crippen molar-refractivity contribution in [2.75, 3.05) is 0 Å². The third kappa shape index (κ3) is 2.04. The zero-order valence-electron chi connectivity index (χ0n) is 17.1.